The van der Waals surface area contributed by atoms with Crippen molar-refractivity contribution in [2.75, 3.05) is 0 Å². The topological polar surface area (TPSA) is 55.5 Å². The van der Waals surface area contributed by atoms with Crippen molar-refractivity contribution in [3.05, 3.63) is 70.3 Å². The quantitative estimate of drug-likeness (QED) is 0.340. The molecule has 0 amide bonds. The second kappa shape index (κ2) is 6.75. The van der Waals surface area contributed by atoms with Gasteiger partial charge in [0.15, 0.2) is 0 Å². The molecule has 4 nitrogen and oxygen atoms in total. The molecule has 114 valence electrons. The first-order valence-electron chi connectivity index (χ1n) is 6.93. The van der Waals surface area contributed by atoms with Gasteiger partial charge in [-0.3, -0.25) is 10.1 Å². The summed E-state index contributed by atoms with van der Waals surface area (Å²) in [7, 11) is 0. The van der Waals surface area contributed by atoms with Gasteiger partial charge in [-0.05, 0) is 17.7 Å². The monoisotopic (exact) mass is 314 g/mol. The molecule has 0 spiro atoms. The summed E-state index contributed by atoms with van der Waals surface area (Å²) >= 11 is 1.34. The Labute approximate surface area is 134 Å². The van der Waals surface area contributed by atoms with E-state index in [1.54, 1.807) is 12.1 Å². The predicted molar refractivity (Wildman–Crippen MR) is 91.4 cm³/mol. The molecule has 0 unspecified atom stereocenters. The maximum atomic E-state index is 10.7. The van der Waals surface area contributed by atoms with Crippen LogP contribution in [-0.2, 0) is 0 Å². The minimum atomic E-state index is -0.401. The third-order valence-electron chi connectivity index (χ3n) is 3.05. The molecule has 0 aromatic heterocycles. The van der Waals surface area contributed by atoms with Crippen molar-refractivity contribution in [3.8, 4) is 0 Å². The van der Waals surface area contributed by atoms with Crippen molar-refractivity contribution in [1.29, 1.82) is 0 Å². The third kappa shape index (κ3) is 4.18. The summed E-state index contributed by atoms with van der Waals surface area (Å²) < 4.78 is 4.67. The molecule has 2 rings (SSSR count). The van der Waals surface area contributed by atoms with Crippen molar-refractivity contribution >= 4 is 23.3 Å². The molecule has 0 heterocycles. The van der Waals surface area contributed by atoms with Crippen LogP contribution in [0.1, 0.15) is 26.3 Å². The fraction of sp³-hybridized carbons (Fsp3) is 0.235. The van der Waals surface area contributed by atoms with Crippen molar-refractivity contribution in [1.82, 2.24) is 0 Å². The first kappa shape index (κ1) is 16.2. The van der Waals surface area contributed by atoms with E-state index >= 15 is 0 Å². The van der Waals surface area contributed by atoms with E-state index in [9.17, 15) is 10.1 Å². The highest BCUT2D eigenvalue weighted by Gasteiger charge is 2.20. The number of nitro groups is 1. The number of hydrogen-bond donors (Lipinski definition) is 0. The van der Waals surface area contributed by atoms with Crippen molar-refractivity contribution < 1.29 is 4.92 Å². The Kier molecular flexibility index (Phi) is 4.98. The van der Waals surface area contributed by atoms with Crippen molar-refractivity contribution in [2.24, 2.45) is 9.81 Å². The Bertz CT molecular complexity index is 674. The van der Waals surface area contributed by atoms with Gasteiger partial charge < -0.3 is 0 Å². The van der Waals surface area contributed by atoms with Gasteiger partial charge in [-0.25, -0.2) is 4.40 Å². The number of non-ortho nitro benzene ring substituents is 1. The van der Waals surface area contributed by atoms with Crippen LogP contribution in [-0.4, -0.2) is 10.6 Å². The molecule has 0 saturated heterocycles. The molecule has 22 heavy (non-hydrogen) atoms. The van der Waals surface area contributed by atoms with Crippen molar-refractivity contribution in [2.45, 2.75) is 25.7 Å². The Balaban J connectivity index is 2.26. The van der Waals surface area contributed by atoms with Gasteiger partial charge in [0, 0.05) is 34.4 Å². The number of hydrogen-bond acceptors (Lipinski definition) is 4. The zero-order valence-electron chi connectivity index (χ0n) is 12.8. The van der Waals surface area contributed by atoms with E-state index in [4.69, 9.17) is 0 Å². The standard InChI is InChI=1S/C17H18N2O2S/c1-17(2,3)16(13-7-5-4-6-8-13)18-22-15-11-9-14(10-12-15)19(20)21/h4-12H,1-3H3/b18-16-. The number of nitro benzene ring substituents is 1. The van der Waals surface area contributed by atoms with Gasteiger partial charge in [0.1, 0.15) is 0 Å². The lowest BCUT2D eigenvalue weighted by atomic mass is 9.86. The van der Waals surface area contributed by atoms with Crippen molar-refractivity contribution in [3.63, 3.8) is 0 Å². The number of benzene rings is 2. The zero-order chi connectivity index (χ0) is 16.2. The first-order chi connectivity index (χ1) is 10.4. The highest BCUT2D eigenvalue weighted by Crippen LogP contribution is 2.28. The highest BCUT2D eigenvalue weighted by atomic mass is 32.2. The molecular weight excluding hydrogens is 296 g/mol. The summed E-state index contributed by atoms with van der Waals surface area (Å²) in [5.74, 6) is 0. The predicted octanol–water partition coefficient (Wildman–Crippen LogP) is 5.14. The fourth-order valence-corrected chi connectivity index (χ4v) is 2.78. The van der Waals surface area contributed by atoms with Crippen LogP contribution in [0.25, 0.3) is 0 Å². The van der Waals surface area contributed by atoms with E-state index in [2.05, 4.69) is 25.2 Å². The van der Waals surface area contributed by atoms with Crippen LogP contribution in [0.5, 0.6) is 0 Å². The summed E-state index contributed by atoms with van der Waals surface area (Å²) in [6.45, 7) is 6.36. The molecule has 5 heteroatoms. The van der Waals surface area contributed by atoms with Crippen LogP contribution in [0.2, 0.25) is 0 Å². The highest BCUT2D eigenvalue weighted by molar-refractivity contribution is 7.98. The maximum Gasteiger partial charge on any atom is 0.269 e. The second-order valence-electron chi connectivity index (χ2n) is 5.90. The smallest absolute Gasteiger partial charge is 0.258 e. The van der Waals surface area contributed by atoms with Gasteiger partial charge in [0.2, 0.25) is 0 Å². The molecule has 0 bridgehead atoms. The van der Waals surface area contributed by atoms with Crippen LogP contribution in [0, 0.1) is 15.5 Å². The molecule has 2 aromatic rings. The molecule has 0 aliphatic rings. The summed E-state index contributed by atoms with van der Waals surface area (Å²) in [4.78, 5) is 11.1. The lowest BCUT2D eigenvalue weighted by Gasteiger charge is -2.21. The largest absolute Gasteiger partial charge is 0.269 e. The molecule has 0 aliphatic heterocycles. The van der Waals surface area contributed by atoms with Gasteiger partial charge in [0.05, 0.1) is 10.6 Å². The Hall–Kier alpha value is -2.14. The van der Waals surface area contributed by atoms with Gasteiger partial charge in [-0.2, -0.15) is 0 Å². The Morgan fingerprint density at radius 3 is 2.14 bits per heavy atom. The second-order valence-corrected chi connectivity index (χ2v) is 6.73. The van der Waals surface area contributed by atoms with E-state index in [0.717, 1.165) is 16.2 Å². The van der Waals surface area contributed by atoms with Gasteiger partial charge in [-0.1, -0.05) is 51.1 Å². The minimum absolute atomic E-state index is 0.0882. The fourth-order valence-electron chi connectivity index (χ4n) is 1.95. The summed E-state index contributed by atoms with van der Waals surface area (Å²) in [5.41, 5.74) is 2.09. The van der Waals surface area contributed by atoms with E-state index in [1.807, 2.05) is 30.3 Å². The molecule has 0 saturated carbocycles. The van der Waals surface area contributed by atoms with E-state index in [1.165, 1.54) is 24.1 Å². The summed E-state index contributed by atoms with van der Waals surface area (Å²) in [6, 6.07) is 16.5. The number of rotatable bonds is 4. The molecule has 2 aromatic carbocycles. The lowest BCUT2D eigenvalue weighted by Crippen LogP contribution is -2.21. The van der Waals surface area contributed by atoms with Crippen LogP contribution >= 0.6 is 11.9 Å². The Morgan fingerprint density at radius 2 is 1.64 bits per heavy atom. The van der Waals surface area contributed by atoms with E-state index in [0.29, 0.717) is 0 Å². The minimum Gasteiger partial charge on any atom is -0.258 e. The van der Waals surface area contributed by atoms with Crippen LogP contribution in [0.15, 0.2) is 63.9 Å². The van der Waals surface area contributed by atoms with Gasteiger partial charge in [-0.15, -0.1) is 0 Å². The molecule has 0 radical (unpaired) electrons. The SMILES string of the molecule is CC(C)(C)/C(=N\Sc1ccc([N+](=O)[O-])cc1)c1ccccc1. The van der Waals surface area contributed by atoms with Crippen LogP contribution < -0.4 is 0 Å². The summed E-state index contributed by atoms with van der Waals surface area (Å²) in [5, 5.41) is 10.7. The lowest BCUT2D eigenvalue weighted by molar-refractivity contribution is -0.384. The first-order valence-corrected chi connectivity index (χ1v) is 7.70. The molecule has 0 atom stereocenters. The zero-order valence-corrected chi connectivity index (χ0v) is 13.6. The van der Waals surface area contributed by atoms with E-state index in [-0.39, 0.29) is 11.1 Å². The molecule has 0 aliphatic carbocycles. The summed E-state index contributed by atoms with van der Waals surface area (Å²) in [6.07, 6.45) is 0. The average Bonchev–Trinajstić information content (AvgIpc) is 2.47. The molecule has 0 fully saturated rings. The maximum absolute atomic E-state index is 10.7. The van der Waals surface area contributed by atoms with Gasteiger partial charge in [0.25, 0.3) is 5.69 Å². The number of nitrogens with zero attached hydrogens (tertiary/aromatic N) is 2. The molecule has 0 N–H and O–H groups in total. The van der Waals surface area contributed by atoms with E-state index < -0.39 is 4.92 Å². The third-order valence-corrected chi connectivity index (χ3v) is 3.80. The Morgan fingerprint density at radius 1 is 1.05 bits per heavy atom. The van der Waals surface area contributed by atoms with Crippen LogP contribution in [0.4, 0.5) is 5.69 Å². The average molecular weight is 314 g/mol. The normalized spacial score (nSPS) is 12.2. The molecular formula is C17H18N2O2S. The van der Waals surface area contributed by atoms with Crippen LogP contribution in [0.3, 0.4) is 0 Å². The van der Waals surface area contributed by atoms with Gasteiger partial charge >= 0.3 is 0 Å².